The van der Waals surface area contributed by atoms with Crippen molar-refractivity contribution in [3.63, 3.8) is 0 Å². The van der Waals surface area contributed by atoms with Crippen LogP contribution in [-0.4, -0.2) is 46.7 Å². The zero-order valence-electron chi connectivity index (χ0n) is 10.5. The van der Waals surface area contributed by atoms with Gasteiger partial charge in [-0.3, -0.25) is 4.79 Å². The Labute approximate surface area is 106 Å². The van der Waals surface area contributed by atoms with Crippen LogP contribution < -0.4 is 0 Å². The van der Waals surface area contributed by atoms with Gasteiger partial charge in [0.1, 0.15) is 0 Å². The number of carbonyl (C=O) groups is 2. The van der Waals surface area contributed by atoms with Crippen LogP contribution >= 0.6 is 0 Å². The number of hydrogen-bond acceptors (Lipinski definition) is 3. The summed E-state index contributed by atoms with van der Waals surface area (Å²) in [4.78, 5) is 23.8. The number of carbonyl (C=O) groups excluding carboxylic acids is 1. The van der Waals surface area contributed by atoms with Crippen molar-refractivity contribution in [2.24, 2.45) is 0 Å². The van der Waals surface area contributed by atoms with Gasteiger partial charge in [0.2, 0.25) is 5.91 Å². The highest BCUT2D eigenvalue weighted by atomic mass is 16.4. The maximum absolute atomic E-state index is 11.9. The topological polar surface area (TPSA) is 77.8 Å². The highest BCUT2D eigenvalue weighted by molar-refractivity contribution is 5.84. The van der Waals surface area contributed by atoms with E-state index in [4.69, 9.17) is 10.2 Å². The van der Waals surface area contributed by atoms with Crippen LogP contribution in [0.4, 0.5) is 0 Å². The Morgan fingerprint density at radius 3 is 2.56 bits per heavy atom. The highest BCUT2D eigenvalue weighted by Gasteiger charge is 2.25. The average Bonchev–Trinajstić information content (AvgIpc) is 2.29. The molecule has 0 aliphatic rings. The first-order valence-corrected chi connectivity index (χ1v) is 5.60. The Morgan fingerprint density at radius 1 is 1.39 bits per heavy atom. The van der Waals surface area contributed by atoms with Crippen LogP contribution in [0.5, 0.6) is 0 Å². The first-order chi connectivity index (χ1) is 8.45. The van der Waals surface area contributed by atoms with Gasteiger partial charge >= 0.3 is 5.97 Å². The number of rotatable bonds is 5. The van der Waals surface area contributed by atoms with Crippen LogP contribution in [0.3, 0.4) is 0 Å². The Morgan fingerprint density at radius 2 is 2.06 bits per heavy atom. The number of aliphatic carboxylic acids is 1. The van der Waals surface area contributed by atoms with Crippen molar-refractivity contribution in [3.05, 3.63) is 35.4 Å². The van der Waals surface area contributed by atoms with E-state index < -0.39 is 18.6 Å². The molecular weight excluding hydrogens is 234 g/mol. The van der Waals surface area contributed by atoms with Gasteiger partial charge in [-0.15, -0.1) is 0 Å². The molecule has 1 aromatic carbocycles. The zero-order valence-corrected chi connectivity index (χ0v) is 10.5. The predicted molar refractivity (Wildman–Crippen MR) is 66.2 cm³/mol. The number of hydrogen-bond donors (Lipinski definition) is 2. The summed E-state index contributed by atoms with van der Waals surface area (Å²) in [5.41, 5.74) is 1.87. The summed E-state index contributed by atoms with van der Waals surface area (Å²) in [6.07, 6.45) is 0.127. The van der Waals surface area contributed by atoms with Crippen molar-refractivity contribution in [1.82, 2.24) is 4.90 Å². The van der Waals surface area contributed by atoms with E-state index >= 15 is 0 Å². The number of carboxylic acid groups (broad SMARTS) is 1. The fourth-order valence-electron chi connectivity index (χ4n) is 1.66. The summed E-state index contributed by atoms with van der Waals surface area (Å²) in [5.74, 6) is -1.54. The van der Waals surface area contributed by atoms with E-state index in [0.29, 0.717) is 0 Å². The van der Waals surface area contributed by atoms with E-state index in [1.54, 1.807) is 0 Å². The van der Waals surface area contributed by atoms with E-state index in [0.717, 1.165) is 16.0 Å². The summed E-state index contributed by atoms with van der Waals surface area (Å²) in [7, 11) is 1.38. The molecule has 2 N–H and O–H groups in total. The largest absolute Gasteiger partial charge is 0.480 e. The van der Waals surface area contributed by atoms with Gasteiger partial charge in [0.05, 0.1) is 13.0 Å². The van der Waals surface area contributed by atoms with Gasteiger partial charge in [-0.1, -0.05) is 29.8 Å². The first-order valence-electron chi connectivity index (χ1n) is 5.60. The minimum absolute atomic E-state index is 0.127. The third-order valence-corrected chi connectivity index (χ3v) is 2.76. The molecule has 0 spiro atoms. The molecule has 0 radical (unpaired) electrons. The van der Waals surface area contributed by atoms with Crippen LogP contribution in [0.15, 0.2) is 24.3 Å². The monoisotopic (exact) mass is 251 g/mol. The third kappa shape index (κ3) is 3.56. The SMILES string of the molecule is Cc1cccc(CC(=O)N(C)C(CO)C(=O)O)c1. The molecule has 0 fully saturated rings. The summed E-state index contributed by atoms with van der Waals surface area (Å²) < 4.78 is 0. The number of aliphatic hydroxyl groups is 1. The number of likely N-dealkylation sites (N-methyl/N-ethyl adjacent to an activating group) is 1. The van der Waals surface area contributed by atoms with Crippen LogP contribution in [0, 0.1) is 6.92 Å². The number of aliphatic hydroxyl groups excluding tert-OH is 1. The minimum Gasteiger partial charge on any atom is -0.480 e. The smallest absolute Gasteiger partial charge is 0.328 e. The van der Waals surface area contributed by atoms with Crippen molar-refractivity contribution >= 4 is 11.9 Å². The fraction of sp³-hybridized carbons (Fsp3) is 0.385. The number of carboxylic acids is 1. The molecule has 1 amide bonds. The van der Waals surface area contributed by atoms with Crippen LogP contribution in [0.1, 0.15) is 11.1 Å². The Kier molecular flexibility index (Phi) is 4.85. The van der Waals surface area contributed by atoms with Gasteiger partial charge in [0, 0.05) is 7.05 Å². The number of nitrogens with zero attached hydrogens (tertiary/aromatic N) is 1. The van der Waals surface area contributed by atoms with Gasteiger partial charge in [0.15, 0.2) is 6.04 Å². The lowest BCUT2D eigenvalue weighted by molar-refractivity contribution is -0.150. The molecular formula is C13H17NO4. The second-order valence-corrected chi connectivity index (χ2v) is 4.21. The highest BCUT2D eigenvalue weighted by Crippen LogP contribution is 2.07. The zero-order chi connectivity index (χ0) is 13.7. The lowest BCUT2D eigenvalue weighted by Crippen LogP contribution is -2.45. The quantitative estimate of drug-likeness (QED) is 0.796. The summed E-state index contributed by atoms with van der Waals surface area (Å²) >= 11 is 0. The lowest BCUT2D eigenvalue weighted by Gasteiger charge is -2.23. The average molecular weight is 251 g/mol. The molecule has 5 heteroatoms. The molecule has 0 aliphatic heterocycles. The minimum atomic E-state index is -1.21. The number of amides is 1. The van der Waals surface area contributed by atoms with Gasteiger partial charge in [-0.2, -0.15) is 0 Å². The molecule has 0 saturated carbocycles. The van der Waals surface area contributed by atoms with Crippen molar-refractivity contribution < 1.29 is 19.8 Å². The Bertz CT molecular complexity index is 444. The van der Waals surface area contributed by atoms with Crippen LogP contribution in [0.25, 0.3) is 0 Å². The Hall–Kier alpha value is -1.88. The maximum atomic E-state index is 11.9. The number of aryl methyl sites for hydroxylation is 1. The first kappa shape index (κ1) is 14.2. The van der Waals surface area contributed by atoms with Gasteiger partial charge < -0.3 is 15.1 Å². The molecule has 98 valence electrons. The lowest BCUT2D eigenvalue weighted by atomic mass is 10.1. The molecule has 0 bridgehead atoms. The van der Waals surface area contributed by atoms with Crippen molar-refractivity contribution in [2.45, 2.75) is 19.4 Å². The van der Waals surface area contributed by atoms with Gasteiger partial charge in [-0.25, -0.2) is 4.79 Å². The molecule has 0 heterocycles. The van der Waals surface area contributed by atoms with Gasteiger partial charge in [0.25, 0.3) is 0 Å². The van der Waals surface area contributed by atoms with E-state index in [1.165, 1.54) is 7.05 Å². The Balaban J connectivity index is 2.73. The molecule has 0 aromatic heterocycles. The summed E-state index contributed by atoms with van der Waals surface area (Å²) in [6.45, 7) is 1.33. The van der Waals surface area contributed by atoms with Crippen molar-refractivity contribution in [1.29, 1.82) is 0 Å². The molecule has 18 heavy (non-hydrogen) atoms. The van der Waals surface area contributed by atoms with E-state index in [9.17, 15) is 9.59 Å². The van der Waals surface area contributed by atoms with Crippen molar-refractivity contribution in [2.75, 3.05) is 13.7 Å². The van der Waals surface area contributed by atoms with Crippen molar-refractivity contribution in [3.8, 4) is 0 Å². The summed E-state index contributed by atoms with van der Waals surface area (Å²) in [5, 5.41) is 17.8. The normalized spacial score (nSPS) is 11.9. The third-order valence-electron chi connectivity index (χ3n) is 2.76. The van der Waals surface area contributed by atoms with E-state index in [-0.39, 0.29) is 12.3 Å². The van der Waals surface area contributed by atoms with Gasteiger partial charge in [-0.05, 0) is 12.5 Å². The molecule has 1 rings (SSSR count). The second kappa shape index (κ2) is 6.16. The van der Waals surface area contributed by atoms with Crippen LogP contribution in [0.2, 0.25) is 0 Å². The molecule has 1 aromatic rings. The predicted octanol–water partition coefficient (Wildman–Crippen LogP) is 0.441. The standard InChI is InChI=1S/C13H17NO4/c1-9-4-3-5-10(6-9)7-12(16)14(2)11(8-15)13(17)18/h3-6,11,15H,7-8H2,1-2H3,(H,17,18). The second-order valence-electron chi connectivity index (χ2n) is 4.21. The molecule has 1 atom stereocenters. The fourth-order valence-corrected chi connectivity index (χ4v) is 1.66. The van der Waals surface area contributed by atoms with E-state index in [1.807, 2.05) is 31.2 Å². The molecule has 5 nitrogen and oxygen atoms in total. The molecule has 0 aliphatic carbocycles. The summed E-state index contributed by atoms with van der Waals surface area (Å²) in [6, 6.07) is 6.26. The number of benzene rings is 1. The van der Waals surface area contributed by atoms with E-state index in [2.05, 4.69) is 0 Å². The van der Waals surface area contributed by atoms with Crippen LogP contribution in [-0.2, 0) is 16.0 Å². The maximum Gasteiger partial charge on any atom is 0.328 e. The molecule has 1 unspecified atom stereocenters. The molecule has 0 saturated heterocycles.